The zero-order valence-electron chi connectivity index (χ0n) is 16.9. The second-order valence-corrected chi connectivity index (χ2v) is 7.64. The lowest BCUT2D eigenvalue weighted by atomic mass is 10.0. The average Bonchev–Trinajstić information content (AvgIpc) is 3.60. The van der Waals surface area contributed by atoms with E-state index in [9.17, 15) is 8.78 Å². The van der Waals surface area contributed by atoms with E-state index in [-0.39, 0.29) is 23.2 Å². The standard InChI is InChI=1S/C26H18F3NO2/c1-2-20-25(15-9-10-15)30-23-14-24(31-18-7-3-5-16(27)11-18)22(29)13-21(23)26(20)32-19-8-4-6-17(28)12-19/h2-8,11-15H,1,9-10H2. The number of aromatic nitrogens is 1. The van der Waals surface area contributed by atoms with E-state index >= 15 is 4.39 Å². The van der Waals surface area contributed by atoms with Crippen molar-refractivity contribution in [2.24, 2.45) is 0 Å². The maximum Gasteiger partial charge on any atom is 0.166 e. The van der Waals surface area contributed by atoms with Gasteiger partial charge < -0.3 is 9.47 Å². The highest BCUT2D eigenvalue weighted by atomic mass is 19.1. The number of fused-ring (bicyclic) bond motifs is 1. The number of halogens is 3. The number of benzene rings is 3. The lowest BCUT2D eigenvalue weighted by Gasteiger charge is -2.17. The average molecular weight is 433 g/mol. The first-order chi connectivity index (χ1) is 15.5. The predicted molar refractivity (Wildman–Crippen MR) is 117 cm³/mol. The van der Waals surface area contributed by atoms with Crippen molar-refractivity contribution < 1.29 is 22.6 Å². The van der Waals surface area contributed by atoms with Gasteiger partial charge in [-0.05, 0) is 43.2 Å². The lowest BCUT2D eigenvalue weighted by molar-refractivity contribution is 0.439. The smallest absolute Gasteiger partial charge is 0.166 e. The summed E-state index contributed by atoms with van der Waals surface area (Å²) in [6.45, 7) is 3.88. The monoisotopic (exact) mass is 433 g/mol. The lowest BCUT2D eigenvalue weighted by Crippen LogP contribution is -2.00. The van der Waals surface area contributed by atoms with Crippen LogP contribution >= 0.6 is 0 Å². The summed E-state index contributed by atoms with van der Waals surface area (Å²) in [5, 5.41) is 0.401. The van der Waals surface area contributed by atoms with Crippen LogP contribution in [0.2, 0.25) is 0 Å². The molecule has 1 heterocycles. The molecule has 0 spiro atoms. The fraction of sp³-hybridized carbons (Fsp3) is 0.115. The highest BCUT2D eigenvalue weighted by Gasteiger charge is 2.30. The molecule has 0 saturated heterocycles. The Balaban J connectivity index is 1.66. The molecule has 5 rings (SSSR count). The second-order valence-electron chi connectivity index (χ2n) is 7.64. The van der Waals surface area contributed by atoms with Crippen molar-refractivity contribution in [3.05, 3.63) is 96.0 Å². The van der Waals surface area contributed by atoms with E-state index in [0.717, 1.165) is 18.5 Å². The summed E-state index contributed by atoms with van der Waals surface area (Å²) in [5.74, 6) is -0.622. The highest BCUT2D eigenvalue weighted by Crippen LogP contribution is 2.46. The van der Waals surface area contributed by atoms with E-state index in [1.165, 1.54) is 54.6 Å². The Hall–Kier alpha value is -3.80. The van der Waals surface area contributed by atoms with Crippen LogP contribution in [0.3, 0.4) is 0 Å². The van der Waals surface area contributed by atoms with Crippen LogP contribution in [0, 0.1) is 17.5 Å². The third kappa shape index (κ3) is 3.91. The fourth-order valence-electron chi connectivity index (χ4n) is 3.63. The van der Waals surface area contributed by atoms with Crippen LogP contribution in [0.5, 0.6) is 23.0 Å². The van der Waals surface area contributed by atoms with Crippen LogP contribution in [0.25, 0.3) is 17.0 Å². The summed E-state index contributed by atoms with van der Waals surface area (Å²) < 4.78 is 53.8. The maximum absolute atomic E-state index is 15.0. The summed E-state index contributed by atoms with van der Waals surface area (Å²) in [6.07, 6.45) is 3.59. The first kappa shape index (κ1) is 20.1. The quantitative estimate of drug-likeness (QED) is 0.311. The van der Waals surface area contributed by atoms with Gasteiger partial charge in [0, 0.05) is 35.1 Å². The predicted octanol–water partition coefficient (Wildman–Crippen LogP) is 7.76. The SMILES string of the molecule is C=Cc1c(C2CC2)nc2cc(Oc3cccc(F)c3)c(F)cc2c1Oc1cccc(F)c1. The summed E-state index contributed by atoms with van der Waals surface area (Å²) in [6, 6.07) is 13.9. The van der Waals surface area contributed by atoms with Crippen molar-refractivity contribution in [1.82, 2.24) is 4.98 Å². The van der Waals surface area contributed by atoms with E-state index in [2.05, 4.69) is 6.58 Å². The van der Waals surface area contributed by atoms with Gasteiger partial charge in [-0.3, -0.25) is 4.98 Å². The Morgan fingerprint density at radius 2 is 1.53 bits per heavy atom. The number of rotatable bonds is 6. The van der Waals surface area contributed by atoms with Crippen molar-refractivity contribution in [1.29, 1.82) is 0 Å². The van der Waals surface area contributed by atoms with Crippen molar-refractivity contribution in [2.75, 3.05) is 0 Å². The van der Waals surface area contributed by atoms with Gasteiger partial charge in [-0.15, -0.1) is 0 Å². The molecule has 0 aliphatic heterocycles. The van der Waals surface area contributed by atoms with E-state index in [0.29, 0.717) is 22.2 Å². The Kier molecular flexibility index (Phi) is 5.05. The number of hydrogen-bond donors (Lipinski definition) is 0. The number of hydrogen-bond acceptors (Lipinski definition) is 3. The van der Waals surface area contributed by atoms with E-state index in [1.54, 1.807) is 12.1 Å². The maximum atomic E-state index is 15.0. The molecule has 1 aliphatic rings. The summed E-state index contributed by atoms with van der Waals surface area (Å²) in [7, 11) is 0. The van der Waals surface area contributed by atoms with Gasteiger partial charge in [-0.2, -0.15) is 0 Å². The number of nitrogens with zero attached hydrogens (tertiary/aromatic N) is 1. The van der Waals surface area contributed by atoms with Gasteiger partial charge >= 0.3 is 0 Å². The Morgan fingerprint density at radius 3 is 2.12 bits per heavy atom. The Labute approximate surface area is 182 Å². The third-order valence-electron chi connectivity index (χ3n) is 5.26. The zero-order chi connectivity index (χ0) is 22.2. The number of ether oxygens (including phenoxy) is 2. The van der Waals surface area contributed by atoms with Crippen LogP contribution in [0.4, 0.5) is 13.2 Å². The Morgan fingerprint density at radius 1 is 0.875 bits per heavy atom. The molecule has 1 aromatic heterocycles. The van der Waals surface area contributed by atoms with Gasteiger partial charge in [0.05, 0.1) is 11.2 Å². The van der Waals surface area contributed by atoms with Gasteiger partial charge in [-0.25, -0.2) is 13.2 Å². The Bertz CT molecular complexity index is 1350. The number of pyridine rings is 1. The molecule has 0 N–H and O–H groups in total. The van der Waals surface area contributed by atoms with Gasteiger partial charge in [0.15, 0.2) is 11.6 Å². The van der Waals surface area contributed by atoms with Crippen LogP contribution in [0.15, 0.2) is 67.2 Å². The third-order valence-corrected chi connectivity index (χ3v) is 5.26. The molecule has 1 saturated carbocycles. The van der Waals surface area contributed by atoms with Crippen molar-refractivity contribution in [3.63, 3.8) is 0 Å². The molecule has 3 aromatic carbocycles. The second kappa shape index (κ2) is 8.04. The van der Waals surface area contributed by atoms with E-state index in [1.807, 2.05) is 0 Å². The van der Waals surface area contributed by atoms with E-state index in [4.69, 9.17) is 14.5 Å². The van der Waals surface area contributed by atoms with Gasteiger partial charge in [0.1, 0.15) is 28.9 Å². The molecule has 0 amide bonds. The van der Waals surface area contributed by atoms with Gasteiger partial charge in [0.25, 0.3) is 0 Å². The van der Waals surface area contributed by atoms with Crippen LogP contribution in [-0.2, 0) is 0 Å². The topological polar surface area (TPSA) is 31.4 Å². The molecule has 6 heteroatoms. The summed E-state index contributed by atoms with van der Waals surface area (Å²) >= 11 is 0. The van der Waals surface area contributed by atoms with Crippen molar-refractivity contribution in [3.8, 4) is 23.0 Å². The fourth-order valence-corrected chi connectivity index (χ4v) is 3.63. The molecule has 32 heavy (non-hydrogen) atoms. The van der Waals surface area contributed by atoms with Crippen molar-refractivity contribution >= 4 is 17.0 Å². The highest BCUT2D eigenvalue weighted by molar-refractivity contribution is 5.91. The minimum Gasteiger partial charge on any atom is -0.456 e. The largest absolute Gasteiger partial charge is 0.456 e. The van der Waals surface area contributed by atoms with Crippen LogP contribution in [0.1, 0.15) is 30.0 Å². The molecular weight excluding hydrogens is 415 g/mol. The van der Waals surface area contributed by atoms with Crippen LogP contribution < -0.4 is 9.47 Å². The molecule has 4 aromatic rings. The molecule has 0 atom stereocenters. The molecule has 1 fully saturated rings. The van der Waals surface area contributed by atoms with Gasteiger partial charge in [-0.1, -0.05) is 24.8 Å². The summed E-state index contributed by atoms with van der Waals surface area (Å²) in [5.41, 5.74) is 1.90. The van der Waals surface area contributed by atoms with Crippen LogP contribution in [-0.4, -0.2) is 4.98 Å². The summed E-state index contributed by atoms with van der Waals surface area (Å²) in [4.78, 5) is 4.74. The molecule has 1 aliphatic carbocycles. The first-order valence-electron chi connectivity index (χ1n) is 10.2. The molecule has 0 unspecified atom stereocenters. The van der Waals surface area contributed by atoms with Gasteiger partial charge in [0.2, 0.25) is 0 Å². The minimum atomic E-state index is -0.665. The molecular formula is C26H18F3NO2. The molecule has 3 nitrogen and oxygen atoms in total. The van der Waals surface area contributed by atoms with Crippen molar-refractivity contribution in [2.45, 2.75) is 18.8 Å². The normalized spacial score (nSPS) is 13.2. The van der Waals surface area contributed by atoms with E-state index < -0.39 is 17.5 Å². The first-order valence-corrected chi connectivity index (χ1v) is 10.2. The molecule has 0 bridgehead atoms. The molecule has 160 valence electrons. The molecule has 0 radical (unpaired) electrons. The minimum absolute atomic E-state index is 0.0830. The zero-order valence-corrected chi connectivity index (χ0v) is 16.9.